The number of nitrogens with zero attached hydrogens (tertiary/aromatic N) is 2. The van der Waals surface area contributed by atoms with Crippen LogP contribution in [0.2, 0.25) is 0 Å². The van der Waals surface area contributed by atoms with E-state index in [1.165, 1.54) is 4.57 Å². The zero-order valence-corrected chi connectivity index (χ0v) is 15.8. The number of benzene rings is 2. The number of carbonyl (C=O) groups excluding carboxylic acids is 1. The normalized spacial score (nSPS) is 11.0. The fraction of sp³-hybridized carbons (Fsp3) is 0.238. The minimum absolute atomic E-state index is 0.121. The number of likely N-dealkylation sites (N-methyl/N-ethyl adjacent to an activating group) is 1. The molecule has 27 heavy (non-hydrogen) atoms. The van der Waals surface area contributed by atoms with Gasteiger partial charge in [-0.1, -0.05) is 24.3 Å². The Morgan fingerprint density at radius 1 is 1.07 bits per heavy atom. The Kier molecular flexibility index (Phi) is 5.57. The lowest BCUT2D eigenvalue weighted by Crippen LogP contribution is -2.28. The van der Waals surface area contributed by atoms with Gasteiger partial charge < -0.3 is 20.1 Å². The molecule has 0 aliphatic rings. The van der Waals surface area contributed by atoms with Crippen LogP contribution < -0.4 is 16.2 Å². The van der Waals surface area contributed by atoms with Crippen molar-refractivity contribution in [3.63, 3.8) is 0 Å². The van der Waals surface area contributed by atoms with E-state index < -0.39 is 5.91 Å². The van der Waals surface area contributed by atoms with E-state index in [1.54, 1.807) is 25.2 Å². The lowest BCUT2D eigenvalue weighted by Gasteiger charge is -2.15. The smallest absolute Gasteiger partial charge is 0.263 e. The van der Waals surface area contributed by atoms with Gasteiger partial charge in [-0.2, -0.15) is 0 Å². The van der Waals surface area contributed by atoms with E-state index in [2.05, 4.69) is 15.5 Å². The molecule has 0 aliphatic carbocycles. The molecule has 1 aromatic heterocycles. The summed E-state index contributed by atoms with van der Waals surface area (Å²) in [4.78, 5) is 27.5. The molecule has 2 aromatic carbocycles. The Morgan fingerprint density at radius 2 is 1.81 bits per heavy atom. The van der Waals surface area contributed by atoms with Crippen molar-refractivity contribution in [2.75, 3.05) is 37.8 Å². The van der Waals surface area contributed by atoms with Gasteiger partial charge in [-0.3, -0.25) is 9.59 Å². The number of fused-ring (bicyclic) bond motifs is 1. The Bertz CT molecular complexity index is 1010. The Morgan fingerprint density at radius 3 is 2.52 bits per heavy atom. The summed E-state index contributed by atoms with van der Waals surface area (Å²) < 4.78 is 1.52. The van der Waals surface area contributed by atoms with Gasteiger partial charge in [-0.25, -0.2) is 0 Å². The van der Waals surface area contributed by atoms with Crippen LogP contribution in [0.15, 0.2) is 59.4 Å². The molecule has 2 N–H and O–H groups in total. The number of pyridine rings is 1. The maximum absolute atomic E-state index is 12.7. The predicted octanol–water partition coefficient (Wildman–Crippen LogP) is 2.76. The highest BCUT2D eigenvalue weighted by molar-refractivity contribution is 6.07. The summed E-state index contributed by atoms with van der Waals surface area (Å²) in [6.45, 7) is 1.64. The number of amides is 1. The quantitative estimate of drug-likeness (QED) is 0.706. The van der Waals surface area contributed by atoms with Crippen molar-refractivity contribution >= 4 is 28.2 Å². The van der Waals surface area contributed by atoms with Gasteiger partial charge in [0.15, 0.2) is 0 Å². The third-order valence-electron chi connectivity index (χ3n) is 4.42. The first kappa shape index (κ1) is 18.7. The molecule has 1 amide bonds. The van der Waals surface area contributed by atoms with Crippen molar-refractivity contribution in [3.05, 3.63) is 70.5 Å². The van der Waals surface area contributed by atoms with Gasteiger partial charge in [0, 0.05) is 36.9 Å². The topological polar surface area (TPSA) is 66.4 Å². The number of hydrogen-bond donors (Lipinski definition) is 2. The molecule has 3 rings (SSSR count). The predicted molar refractivity (Wildman–Crippen MR) is 111 cm³/mol. The number of nitrogens with one attached hydrogen (secondary N) is 2. The molecule has 0 radical (unpaired) electrons. The number of aromatic nitrogens is 1. The highest BCUT2D eigenvalue weighted by Gasteiger charge is 2.16. The summed E-state index contributed by atoms with van der Waals surface area (Å²) in [6.07, 6.45) is 0. The van der Waals surface area contributed by atoms with Crippen LogP contribution in [0, 0.1) is 0 Å². The third-order valence-corrected chi connectivity index (χ3v) is 4.42. The van der Waals surface area contributed by atoms with E-state index in [0.717, 1.165) is 29.7 Å². The van der Waals surface area contributed by atoms with Crippen LogP contribution in [-0.4, -0.2) is 42.6 Å². The van der Waals surface area contributed by atoms with E-state index in [-0.39, 0.29) is 11.1 Å². The fourth-order valence-electron chi connectivity index (χ4n) is 2.94. The summed E-state index contributed by atoms with van der Waals surface area (Å²) in [5.74, 6) is -0.410. The summed E-state index contributed by atoms with van der Waals surface area (Å²) in [5.41, 5.74) is 2.14. The maximum Gasteiger partial charge on any atom is 0.263 e. The number of aryl methyl sites for hydroxylation is 1. The number of para-hydroxylation sites is 1. The standard InChI is InChI=1S/C21H24N4O2/c1-24(2)13-12-22-18-10-7-11-19-16(18)14-17(21(27)25(19)3)20(26)23-15-8-5-4-6-9-15/h4-11,14,22H,12-13H2,1-3H3,(H,23,26). The molecular weight excluding hydrogens is 340 g/mol. The van der Waals surface area contributed by atoms with Crippen molar-refractivity contribution in [2.24, 2.45) is 7.05 Å². The van der Waals surface area contributed by atoms with E-state index in [9.17, 15) is 9.59 Å². The maximum atomic E-state index is 12.7. The average molecular weight is 364 g/mol. The zero-order valence-electron chi connectivity index (χ0n) is 15.8. The molecule has 0 saturated heterocycles. The summed E-state index contributed by atoms with van der Waals surface area (Å²) in [5, 5.41) is 7.03. The molecule has 6 heteroatoms. The Hall–Kier alpha value is -3.12. The molecule has 3 aromatic rings. The van der Waals surface area contributed by atoms with Gasteiger partial charge in [0.1, 0.15) is 5.56 Å². The van der Waals surface area contributed by atoms with Crippen LogP contribution in [0.5, 0.6) is 0 Å². The first-order chi connectivity index (χ1) is 13.0. The average Bonchev–Trinajstić information content (AvgIpc) is 2.65. The van der Waals surface area contributed by atoms with Gasteiger partial charge in [0.05, 0.1) is 5.52 Å². The molecular formula is C21H24N4O2. The third kappa shape index (κ3) is 4.17. The minimum atomic E-state index is -0.410. The number of anilines is 2. The van der Waals surface area contributed by atoms with Gasteiger partial charge in [0.2, 0.25) is 0 Å². The molecule has 0 fully saturated rings. The molecule has 140 valence electrons. The zero-order chi connectivity index (χ0) is 19.4. The summed E-state index contributed by atoms with van der Waals surface area (Å²) in [7, 11) is 5.72. The molecule has 1 heterocycles. The number of hydrogen-bond acceptors (Lipinski definition) is 4. The second kappa shape index (κ2) is 8.05. The second-order valence-corrected chi connectivity index (χ2v) is 6.71. The first-order valence-electron chi connectivity index (χ1n) is 8.85. The lowest BCUT2D eigenvalue weighted by atomic mass is 10.1. The van der Waals surface area contributed by atoms with Crippen molar-refractivity contribution in [2.45, 2.75) is 0 Å². The molecule has 0 bridgehead atoms. The van der Waals surface area contributed by atoms with Gasteiger partial charge in [-0.05, 0) is 44.4 Å². The van der Waals surface area contributed by atoms with Crippen molar-refractivity contribution in [3.8, 4) is 0 Å². The molecule has 0 atom stereocenters. The van der Waals surface area contributed by atoms with Crippen molar-refractivity contribution < 1.29 is 4.79 Å². The van der Waals surface area contributed by atoms with Gasteiger partial charge in [-0.15, -0.1) is 0 Å². The van der Waals surface area contributed by atoms with E-state index in [0.29, 0.717) is 5.69 Å². The van der Waals surface area contributed by atoms with Crippen LogP contribution in [0.25, 0.3) is 10.9 Å². The van der Waals surface area contributed by atoms with Crippen molar-refractivity contribution in [1.82, 2.24) is 9.47 Å². The minimum Gasteiger partial charge on any atom is -0.383 e. The summed E-state index contributed by atoms with van der Waals surface area (Å²) in [6, 6.07) is 16.5. The highest BCUT2D eigenvalue weighted by Crippen LogP contribution is 2.23. The van der Waals surface area contributed by atoms with Gasteiger partial charge in [0.25, 0.3) is 11.5 Å². The Balaban J connectivity index is 1.99. The van der Waals surface area contributed by atoms with Crippen LogP contribution in [0.4, 0.5) is 11.4 Å². The molecule has 0 unspecified atom stereocenters. The first-order valence-corrected chi connectivity index (χ1v) is 8.85. The van der Waals surface area contributed by atoms with Crippen molar-refractivity contribution in [1.29, 1.82) is 0 Å². The monoisotopic (exact) mass is 364 g/mol. The second-order valence-electron chi connectivity index (χ2n) is 6.71. The molecule has 0 spiro atoms. The highest BCUT2D eigenvalue weighted by atomic mass is 16.2. The lowest BCUT2D eigenvalue weighted by molar-refractivity contribution is 0.102. The largest absolute Gasteiger partial charge is 0.383 e. The SMILES string of the molecule is CN(C)CCNc1cccc2c1cc(C(=O)Nc1ccccc1)c(=O)n2C. The van der Waals surface area contributed by atoms with E-state index in [4.69, 9.17) is 0 Å². The van der Waals surface area contributed by atoms with Crippen LogP contribution >= 0.6 is 0 Å². The number of carbonyl (C=O) groups is 1. The van der Waals surface area contributed by atoms with Crippen LogP contribution in [0.1, 0.15) is 10.4 Å². The number of rotatable bonds is 6. The van der Waals surface area contributed by atoms with Crippen LogP contribution in [-0.2, 0) is 7.05 Å². The van der Waals surface area contributed by atoms with E-state index in [1.807, 2.05) is 50.5 Å². The van der Waals surface area contributed by atoms with E-state index >= 15 is 0 Å². The fourth-order valence-corrected chi connectivity index (χ4v) is 2.94. The molecule has 6 nitrogen and oxygen atoms in total. The summed E-state index contributed by atoms with van der Waals surface area (Å²) >= 11 is 0. The van der Waals surface area contributed by atoms with Crippen LogP contribution in [0.3, 0.4) is 0 Å². The van der Waals surface area contributed by atoms with Gasteiger partial charge >= 0.3 is 0 Å². The molecule has 0 saturated carbocycles. The molecule has 0 aliphatic heterocycles. The Labute approximate surface area is 158 Å².